The fourth-order valence-corrected chi connectivity index (χ4v) is 2.68. The lowest BCUT2D eigenvalue weighted by molar-refractivity contribution is -0.139. The summed E-state index contributed by atoms with van der Waals surface area (Å²) in [7, 11) is 0. The Labute approximate surface area is 126 Å². The van der Waals surface area contributed by atoms with Crippen LogP contribution in [0.5, 0.6) is 0 Å². The number of carbonyl (C=O) groups is 2. The van der Waals surface area contributed by atoms with Crippen LogP contribution in [0, 0.1) is 0 Å². The molecule has 0 fully saturated rings. The van der Waals surface area contributed by atoms with Crippen molar-refractivity contribution in [2.75, 3.05) is 18.6 Å². The first-order valence-corrected chi connectivity index (χ1v) is 8.47. The van der Waals surface area contributed by atoms with Crippen LogP contribution in [-0.4, -0.2) is 46.7 Å². The standard InChI is InChI=1S/C12H19N3O3S2/c1-8(10-13-4-6-20-10)7-14-12(18)15-9(11(16)17)3-5-19-2/h4,6,8-9H,3,5,7H2,1-2H3,(H,16,17)(H2,14,15,18)/t8?,9-/m0/s1. The minimum Gasteiger partial charge on any atom is -0.480 e. The minimum atomic E-state index is -1.01. The largest absolute Gasteiger partial charge is 0.480 e. The summed E-state index contributed by atoms with van der Waals surface area (Å²) in [6.07, 6.45) is 4.03. The van der Waals surface area contributed by atoms with Gasteiger partial charge in [0.25, 0.3) is 0 Å². The van der Waals surface area contributed by atoms with Crippen LogP contribution < -0.4 is 10.6 Å². The Morgan fingerprint density at radius 3 is 2.85 bits per heavy atom. The summed E-state index contributed by atoms with van der Waals surface area (Å²) in [6, 6.07) is -1.31. The molecule has 2 amide bonds. The number of rotatable bonds is 8. The van der Waals surface area contributed by atoms with Gasteiger partial charge in [0, 0.05) is 24.0 Å². The van der Waals surface area contributed by atoms with Gasteiger partial charge in [-0.3, -0.25) is 0 Å². The second kappa shape index (κ2) is 8.80. The zero-order valence-corrected chi connectivity index (χ0v) is 13.1. The van der Waals surface area contributed by atoms with Crippen molar-refractivity contribution < 1.29 is 14.7 Å². The number of thioether (sulfide) groups is 1. The third kappa shape index (κ3) is 5.79. The van der Waals surface area contributed by atoms with Gasteiger partial charge in [-0.05, 0) is 18.4 Å². The van der Waals surface area contributed by atoms with Crippen LogP contribution in [0.1, 0.15) is 24.3 Å². The van der Waals surface area contributed by atoms with Crippen LogP contribution in [0.4, 0.5) is 4.79 Å². The van der Waals surface area contributed by atoms with E-state index in [4.69, 9.17) is 5.11 Å². The molecule has 1 unspecified atom stereocenters. The molecule has 1 rings (SSSR count). The molecule has 0 radical (unpaired) electrons. The monoisotopic (exact) mass is 317 g/mol. The molecule has 0 aliphatic heterocycles. The van der Waals surface area contributed by atoms with E-state index in [1.165, 1.54) is 11.3 Å². The first-order valence-electron chi connectivity index (χ1n) is 6.20. The molecule has 20 heavy (non-hydrogen) atoms. The van der Waals surface area contributed by atoms with Gasteiger partial charge in [-0.25, -0.2) is 14.6 Å². The second-order valence-corrected chi connectivity index (χ2v) is 6.21. The molecule has 3 N–H and O–H groups in total. The quantitative estimate of drug-likeness (QED) is 0.679. The zero-order valence-electron chi connectivity index (χ0n) is 11.5. The zero-order chi connectivity index (χ0) is 15.0. The van der Waals surface area contributed by atoms with E-state index in [0.29, 0.717) is 18.7 Å². The molecule has 0 aliphatic carbocycles. The average molecular weight is 317 g/mol. The van der Waals surface area contributed by atoms with E-state index in [0.717, 1.165) is 5.01 Å². The van der Waals surface area contributed by atoms with Crippen molar-refractivity contribution in [1.29, 1.82) is 0 Å². The van der Waals surface area contributed by atoms with Crippen molar-refractivity contribution in [3.8, 4) is 0 Å². The van der Waals surface area contributed by atoms with Crippen LogP contribution in [0.2, 0.25) is 0 Å². The van der Waals surface area contributed by atoms with Crippen molar-refractivity contribution >= 4 is 35.1 Å². The predicted molar refractivity (Wildman–Crippen MR) is 81.5 cm³/mol. The SMILES string of the molecule is CSCC[C@H](NC(=O)NCC(C)c1nccs1)C(=O)O. The number of nitrogens with zero attached hydrogens (tertiary/aromatic N) is 1. The number of carboxylic acids is 1. The van der Waals surface area contributed by atoms with Crippen LogP contribution in [0.25, 0.3) is 0 Å². The molecule has 1 heterocycles. The molecular formula is C12H19N3O3S2. The predicted octanol–water partition coefficient (Wildman–Crippen LogP) is 1.75. The number of nitrogens with one attached hydrogen (secondary N) is 2. The number of hydrogen-bond donors (Lipinski definition) is 3. The van der Waals surface area contributed by atoms with E-state index in [1.807, 2.05) is 18.6 Å². The number of carboxylic acid groups (broad SMARTS) is 1. The van der Waals surface area contributed by atoms with Crippen molar-refractivity contribution in [3.63, 3.8) is 0 Å². The molecule has 0 aliphatic rings. The summed E-state index contributed by atoms with van der Waals surface area (Å²) in [5, 5.41) is 17.0. The van der Waals surface area contributed by atoms with Crippen LogP contribution >= 0.6 is 23.1 Å². The van der Waals surface area contributed by atoms with Crippen LogP contribution in [0.15, 0.2) is 11.6 Å². The molecule has 6 nitrogen and oxygen atoms in total. The van der Waals surface area contributed by atoms with Gasteiger partial charge in [0.1, 0.15) is 6.04 Å². The van der Waals surface area contributed by atoms with E-state index in [1.54, 1.807) is 18.0 Å². The van der Waals surface area contributed by atoms with E-state index < -0.39 is 18.0 Å². The summed E-state index contributed by atoms with van der Waals surface area (Å²) in [4.78, 5) is 26.9. The van der Waals surface area contributed by atoms with Gasteiger partial charge >= 0.3 is 12.0 Å². The van der Waals surface area contributed by atoms with Crippen molar-refractivity contribution in [3.05, 3.63) is 16.6 Å². The fourth-order valence-electron chi connectivity index (χ4n) is 1.51. The molecule has 0 spiro atoms. The summed E-state index contributed by atoms with van der Waals surface area (Å²) in [5.41, 5.74) is 0. The number of carbonyl (C=O) groups excluding carboxylic acids is 1. The molecule has 1 aromatic heterocycles. The van der Waals surface area contributed by atoms with Gasteiger partial charge in [0.2, 0.25) is 0 Å². The Morgan fingerprint density at radius 2 is 2.30 bits per heavy atom. The first-order chi connectivity index (χ1) is 9.54. The van der Waals surface area contributed by atoms with Crippen molar-refractivity contribution in [2.24, 2.45) is 0 Å². The van der Waals surface area contributed by atoms with Gasteiger partial charge in [-0.15, -0.1) is 11.3 Å². The van der Waals surface area contributed by atoms with E-state index >= 15 is 0 Å². The molecule has 0 aromatic carbocycles. The lowest BCUT2D eigenvalue weighted by atomic mass is 10.2. The van der Waals surface area contributed by atoms with Gasteiger partial charge in [0.05, 0.1) is 5.01 Å². The highest BCUT2D eigenvalue weighted by atomic mass is 32.2. The summed E-state index contributed by atoms with van der Waals surface area (Å²) in [6.45, 7) is 2.38. The summed E-state index contributed by atoms with van der Waals surface area (Å²) >= 11 is 3.08. The number of thiazole rings is 1. The molecule has 0 saturated heterocycles. The lowest BCUT2D eigenvalue weighted by Gasteiger charge is -2.16. The highest BCUT2D eigenvalue weighted by Gasteiger charge is 2.19. The van der Waals surface area contributed by atoms with E-state index in [2.05, 4.69) is 15.6 Å². The fraction of sp³-hybridized carbons (Fsp3) is 0.583. The third-order valence-electron chi connectivity index (χ3n) is 2.66. The normalized spacial score (nSPS) is 13.5. The Bertz CT molecular complexity index is 426. The Morgan fingerprint density at radius 1 is 1.55 bits per heavy atom. The lowest BCUT2D eigenvalue weighted by Crippen LogP contribution is -2.47. The number of urea groups is 1. The van der Waals surface area contributed by atoms with Crippen LogP contribution in [0.3, 0.4) is 0 Å². The maximum absolute atomic E-state index is 11.7. The Kier molecular flexibility index (Phi) is 7.38. The minimum absolute atomic E-state index is 0.107. The second-order valence-electron chi connectivity index (χ2n) is 4.30. The van der Waals surface area contributed by atoms with Crippen molar-refractivity contribution in [1.82, 2.24) is 15.6 Å². The van der Waals surface area contributed by atoms with Gasteiger partial charge in [-0.1, -0.05) is 6.92 Å². The molecule has 112 valence electrons. The average Bonchev–Trinajstić information content (AvgIpc) is 2.94. The maximum atomic E-state index is 11.7. The van der Waals surface area contributed by atoms with Gasteiger partial charge in [0.15, 0.2) is 0 Å². The maximum Gasteiger partial charge on any atom is 0.326 e. The van der Waals surface area contributed by atoms with Gasteiger partial charge < -0.3 is 15.7 Å². The number of hydrogen-bond acceptors (Lipinski definition) is 5. The highest BCUT2D eigenvalue weighted by Crippen LogP contribution is 2.16. The molecular weight excluding hydrogens is 298 g/mol. The van der Waals surface area contributed by atoms with E-state index in [-0.39, 0.29) is 5.92 Å². The Balaban J connectivity index is 2.36. The van der Waals surface area contributed by atoms with E-state index in [9.17, 15) is 9.59 Å². The Hall–Kier alpha value is -1.28. The molecule has 1 aromatic rings. The smallest absolute Gasteiger partial charge is 0.326 e. The van der Waals surface area contributed by atoms with Crippen LogP contribution in [-0.2, 0) is 4.79 Å². The topological polar surface area (TPSA) is 91.3 Å². The number of amides is 2. The molecule has 8 heteroatoms. The third-order valence-corrected chi connectivity index (χ3v) is 4.31. The first kappa shape index (κ1) is 16.8. The van der Waals surface area contributed by atoms with Crippen molar-refractivity contribution in [2.45, 2.75) is 25.3 Å². The molecule has 0 saturated carbocycles. The molecule has 2 atom stereocenters. The highest BCUT2D eigenvalue weighted by molar-refractivity contribution is 7.98. The molecule has 0 bridgehead atoms. The summed E-state index contributed by atoms with van der Waals surface area (Å²) in [5.74, 6) is -0.218. The van der Waals surface area contributed by atoms with Gasteiger partial charge in [-0.2, -0.15) is 11.8 Å². The number of aromatic nitrogens is 1. The number of aliphatic carboxylic acids is 1. The summed E-state index contributed by atoms with van der Waals surface area (Å²) < 4.78 is 0.